The van der Waals surface area contributed by atoms with Gasteiger partial charge in [0, 0.05) is 23.7 Å². The van der Waals surface area contributed by atoms with Gasteiger partial charge in [-0.05, 0) is 37.7 Å². The molecule has 0 bridgehead atoms. The zero-order valence-electron chi connectivity index (χ0n) is 11.9. The Kier molecular flexibility index (Phi) is 3.96. The van der Waals surface area contributed by atoms with Crippen LogP contribution in [0.1, 0.15) is 19.3 Å². The molecule has 0 saturated heterocycles. The lowest BCUT2D eigenvalue weighted by Gasteiger charge is -2.16. The normalized spacial score (nSPS) is 22.1. The van der Waals surface area contributed by atoms with Gasteiger partial charge >= 0.3 is 0 Å². The predicted octanol–water partition coefficient (Wildman–Crippen LogP) is 3.37. The molecule has 0 spiro atoms. The minimum absolute atomic E-state index is 0.524. The number of para-hydroxylation sites is 1. The zero-order valence-corrected chi connectivity index (χ0v) is 12.7. The SMILES string of the molecule is CNc1nc(NC2CCC(SC)C2)c2ccccc2n1. The zero-order chi connectivity index (χ0) is 13.9. The van der Waals surface area contributed by atoms with Gasteiger partial charge < -0.3 is 10.6 Å². The van der Waals surface area contributed by atoms with Gasteiger partial charge in [-0.2, -0.15) is 16.7 Å². The van der Waals surface area contributed by atoms with E-state index in [1.807, 2.05) is 37.0 Å². The Bertz CT molecular complexity index is 601. The molecule has 1 aromatic carbocycles. The fraction of sp³-hybridized carbons (Fsp3) is 0.467. The van der Waals surface area contributed by atoms with Gasteiger partial charge in [-0.1, -0.05) is 12.1 Å². The number of nitrogens with one attached hydrogen (secondary N) is 2. The molecule has 2 atom stereocenters. The number of anilines is 2. The summed E-state index contributed by atoms with van der Waals surface area (Å²) in [5.41, 5.74) is 0.980. The first-order valence-electron chi connectivity index (χ1n) is 7.04. The lowest BCUT2D eigenvalue weighted by molar-refractivity contribution is 0.753. The number of rotatable bonds is 4. The van der Waals surface area contributed by atoms with Gasteiger partial charge in [0.25, 0.3) is 0 Å². The Labute approximate surface area is 123 Å². The van der Waals surface area contributed by atoms with Gasteiger partial charge in [0.1, 0.15) is 5.82 Å². The summed E-state index contributed by atoms with van der Waals surface area (Å²) in [6, 6.07) is 8.68. The molecule has 2 N–H and O–H groups in total. The van der Waals surface area contributed by atoms with E-state index in [0.717, 1.165) is 22.0 Å². The van der Waals surface area contributed by atoms with Gasteiger partial charge in [0.2, 0.25) is 5.95 Å². The fourth-order valence-corrected chi connectivity index (χ4v) is 3.57. The molecular weight excluding hydrogens is 268 g/mol. The van der Waals surface area contributed by atoms with Crippen LogP contribution >= 0.6 is 11.8 Å². The Morgan fingerprint density at radius 3 is 2.80 bits per heavy atom. The van der Waals surface area contributed by atoms with Crippen LogP contribution in [0.2, 0.25) is 0 Å². The molecule has 3 rings (SSSR count). The van der Waals surface area contributed by atoms with Crippen LogP contribution in [0.15, 0.2) is 24.3 Å². The van der Waals surface area contributed by atoms with Gasteiger partial charge in [-0.3, -0.25) is 0 Å². The number of nitrogens with zero attached hydrogens (tertiary/aromatic N) is 2. The van der Waals surface area contributed by atoms with E-state index in [2.05, 4.69) is 32.9 Å². The number of hydrogen-bond acceptors (Lipinski definition) is 5. The maximum Gasteiger partial charge on any atom is 0.224 e. The van der Waals surface area contributed by atoms with E-state index in [9.17, 15) is 0 Å². The van der Waals surface area contributed by atoms with Crippen LogP contribution in [0, 0.1) is 0 Å². The molecule has 106 valence electrons. The van der Waals surface area contributed by atoms with E-state index < -0.39 is 0 Å². The van der Waals surface area contributed by atoms with Crippen LogP contribution in [0.25, 0.3) is 10.9 Å². The van der Waals surface area contributed by atoms with Crippen LogP contribution in [0.5, 0.6) is 0 Å². The van der Waals surface area contributed by atoms with Crippen LogP contribution in [0.3, 0.4) is 0 Å². The lowest BCUT2D eigenvalue weighted by Crippen LogP contribution is -2.17. The van der Waals surface area contributed by atoms with E-state index in [1.165, 1.54) is 19.3 Å². The third kappa shape index (κ3) is 2.68. The number of benzene rings is 1. The fourth-order valence-electron chi connectivity index (χ4n) is 2.78. The minimum Gasteiger partial charge on any atom is -0.367 e. The number of aromatic nitrogens is 2. The maximum absolute atomic E-state index is 4.59. The lowest BCUT2D eigenvalue weighted by atomic mass is 10.2. The highest BCUT2D eigenvalue weighted by atomic mass is 32.2. The molecular formula is C15H20N4S. The first-order chi connectivity index (χ1) is 9.80. The van der Waals surface area contributed by atoms with Crippen molar-refractivity contribution >= 4 is 34.4 Å². The van der Waals surface area contributed by atoms with Gasteiger partial charge in [-0.25, -0.2) is 4.98 Å². The van der Waals surface area contributed by atoms with Crippen LogP contribution in [-0.4, -0.2) is 34.6 Å². The van der Waals surface area contributed by atoms with Crippen molar-refractivity contribution in [2.45, 2.75) is 30.6 Å². The van der Waals surface area contributed by atoms with Gasteiger partial charge in [0.05, 0.1) is 5.52 Å². The highest BCUT2D eigenvalue weighted by Crippen LogP contribution is 2.31. The van der Waals surface area contributed by atoms with Crippen LogP contribution < -0.4 is 10.6 Å². The number of thioether (sulfide) groups is 1. The molecule has 0 aliphatic heterocycles. The van der Waals surface area contributed by atoms with Gasteiger partial charge in [0.15, 0.2) is 0 Å². The summed E-state index contributed by atoms with van der Waals surface area (Å²) in [6.45, 7) is 0. The number of fused-ring (bicyclic) bond motifs is 1. The molecule has 0 radical (unpaired) electrons. The molecule has 1 fully saturated rings. The van der Waals surface area contributed by atoms with Crippen molar-refractivity contribution in [2.75, 3.05) is 23.9 Å². The largest absolute Gasteiger partial charge is 0.367 e. The minimum atomic E-state index is 0.524. The maximum atomic E-state index is 4.59. The summed E-state index contributed by atoms with van der Waals surface area (Å²) < 4.78 is 0. The van der Waals surface area contributed by atoms with E-state index in [-0.39, 0.29) is 0 Å². The molecule has 1 saturated carbocycles. The van der Waals surface area contributed by atoms with Crippen molar-refractivity contribution in [3.05, 3.63) is 24.3 Å². The van der Waals surface area contributed by atoms with Gasteiger partial charge in [-0.15, -0.1) is 0 Å². The van der Waals surface area contributed by atoms with E-state index in [4.69, 9.17) is 0 Å². The average Bonchev–Trinajstić information content (AvgIpc) is 2.94. The van der Waals surface area contributed by atoms with Crippen molar-refractivity contribution in [2.24, 2.45) is 0 Å². The van der Waals surface area contributed by atoms with Crippen molar-refractivity contribution in [1.82, 2.24) is 9.97 Å². The van der Waals surface area contributed by atoms with Crippen molar-refractivity contribution in [1.29, 1.82) is 0 Å². The number of hydrogen-bond donors (Lipinski definition) is 2. The summed E-state index contributed by atoms with van der Waals surface area (Å²) in [5, 5.41) is 8.53. The summed E-state index contributed by atoms with van der Waals surface area (Å²) >= 11 is 1.97. The standard InChI is InChI=1S/C15H20N4S/c1-16-15-18-13-6-4-3-5-12(13)14(19-15)17-10-7-8-11(9-10)20-2/h3-6,10-11H,7-9H2,1-2H3,(H2,16,17,18,19). The highest BCUT2D eigenvalue weighted by Gasteiger charge is 2.24. The quantitative estimate of drug-likeness (QED) is 0.903. The second-order valence-corrected chi connectivity index (χ2v) is 6.31. The molecule has 1 aliphatic rings. The average molecular weight is 288 g/mol. The summed E-state index contributed by atoms with van der Waals surface area (Å²) in [7, 11) is 1.85. The summed E-state index contributed by atoms with van der Waals surface area (Å²) in [6.07, 6.45) is 5.93. The Morgan fingerprint density at radius 1 is 1.20 bits per heavy atom. The Hall–Kier alpha value is -1.49. The smallest absolute Gasteiger partial charge is 0.224 e. The van der Waals surface area contributed by atoms with E-state index in [1.54, 1.807) is 0 Å². The molecule has 5 heteroatoms. The Balaban J connectivity index is 1.90. The van der Waals surface area contributed by atoms with Crippen LogP contribution in [0.4, 0.5) is 11.8 Å². The third-order valence-electron chi connectivity index (χ3n) is 3.89. The first-order valence-corrected chi connectivity index (χ1v) is 8.33. The van der Waals surface area contributed by atoms with Crippen molar-refractivity contribution < 1.29 is 0 Å². The van der Waals surface area contributed by atoms with E-state index >= 15 is 0 Å². The summed E-state index contributed by atoms with van der Waals surface area (Å²) in [4.78, 5) is 9.09. The monoisotopic (exact) mass is 288 g/mol. The predicted molar refractivity (Wildman–Crippen MR) is 87.6 cm³/mol. The molecule has 1 heterocycles. The molecule has 20 heavy (non-hydrogen) atoms. The van der Waals surface area contributed by atoms with Crippen molar-refractivity contribution in [3.63, 3.8) is 0 Å². The molecule has 1 aromatic heterocycles. The second kappa shape index (κ2) is 5.87. The molecule has 4 nitrogen and oxygen atoms in total. The van der Waals surface area contributed by atoms with Crippen LogP contribution in [-0.2, 0) is 0 Å². The molecule has 1 aliphatic carbocycles. The molecule has 2 aromatic rings. The Morgan fingerprint density at radius 2 is 2.05 bits per heavy atom. The third-order valence-corrected chi connectivity index (χ3v) is 4.98. The second-order valence-electron chi connectivity index (χ2n) is 5.17. The first kappa shape index (κ1) is 13.5. The molecule has 2 unspecified atom stereocenters. The molecule has 0 amide bonds. The van der Waals surface area contributed by atoms with Crippen molar-refractivity contribution in [3.8, 4) is 0 Å². The topological polar surface area (TPSA) is 49.8 Å². The van der Waals surface area contributed by atoms with E-state index in [0.29, 0.717) is 12.0 Å². The summed E-state index contributed by atoms with van der Waals surface area (Å²) in [5.74, 6) is 1.62. The highest BCUT2D eigenvalue weighted by molar-refractivity contribution is 7.99.